The molecule has 1 aromatic carbocycles. The van der Waals surface area contributed by atoms with E-state index in [1.807, 2.05) is 35.3 Å². The van der Waals surface area contributed by atoms with Crippen LogP contribution < -0.4 is 5.48 Å². The molecule has 1 saturated heterocycles. The second-order valence-electron chi connectivity index (χ2n) is 6.05. The molecule has 0 saturated carbocycles. The molecular weight excluding hydrogens is 304 g/mol. The normalized spacial score (nSPS) is 18.3. The zero-order valence-corrected chi connectivity index (χ0v) is 13.5. The topological polar surface area (TPSA) is 70.4 Å². The molecule has 0 spiro atoms. The number of nitrogens with zero attached hydrogens (tertiary/aromatic N) is 3. The summed E-state index contributed by atoms with van der Waals surface area (Å²) in [7, 11) is 0. The lowest BCUT2D eigenvalue weighted by Crippen LogP contribution is -2.32. The fourth-order valence-corrected chi connectivity index (χ4v) is 3.11. The molecule has 2 heterocycles. The Hall–Kier alpha value is -2.44. The summed E-state index contributed by atoms with van der Waals surface area (Å²) < 4.78 is 2.00. The van der Waals surface area contributed by atoms with Gasteiger partial charge in [-0.25, -0.2) is 5.48 Å². The standard InChI is InChI=1S/C18H22N4O2/c23-18(20-24)9-8-15-4-6-16(7-5-15)13-21-11-1-3-17(21)14-22-12-2-10-19-22/h2,4-10,12,17,24H,1,3,11,13-14H2,(H,20,23)/t17-/m1/s1. The van der Waals surface area contributed by atoms with Crippen LogP contribution in [0.1, 0.15) is 24.0 Å². The Morgan fingerprint density at radius 2 is 2.21 bits per heavy atom. The van der Waals surface area contributed by atoms with Gasteiger partial charge < -0.3 is 0 Å². The summed E-state index contributed by atoms with van der Waals surface area (Å²) in [5.41, 5.74) is 3.76. The summed E-state index contributed by atoms with van der Waals surface area (Å²) in [6.45, 7) is 2.97. The zero-order valence-electron chi connectivity index (χ0n) is 13.5. The SMILES string of the molecule is O=C(C=Cc1ccc(CN2CCC[C@@H]2Cn2cccn2)cc1)NO. The van der Waals surface area contributed by atoms with Gasteiger partial charge in [0.15, 0.2) is 0 Å². The van der Waals surface area contributed by atoms with Gasteiger partial charge in [0, 0.05) is 31.1 Å². The van der Waals surface area contributed by atoms with Gasteiger partial charge in [0.2, 0.25) is 0 Å². The number of hydroxylamine groups is 1. The summed E-state index contributed by atoms with van der Waals surface area (Å²) in [5.74, 6) is -0.530. The molecule has 1 aliphatic rings. The number of likely N-dealkylation sites (tertiary alicyclic amines) is 1. The number of hydrogen-bond donors (Lipinski definition) is 2. The van der Waals surface area contributed by atoms with Gasteiger partial charge in [-0.1, -0.05) is 24.3 Å². The Kier molecular flexibility index (Phi) is 5.40. The molecule has 6 nitrogen and oxygen atoms in total. The van der Waals surface area contributed by atoms with E-state index in [9.17, 15) is 4.79 Å². The summed E-state index contributed by atoms with van der Waals surface area (Å²) in [4.78, 5) is 13.5. The van der Waals surface area contributed by atoms with E-state index in [1.54, 1.807) is 11.6 Å². The van der Waals surface area contributed by atoms with Crippen LogP contribution in [-0.4, -0.2) is 38.4 Å². The molecule has 24 heavy (non-hydrogen) atoms. The predicted octanol–water partition coefficient (Wildman–Crippen LogP) is 2.07. The maximum Gasteiger partial charge on any atom is 0.267 e. The highest BCUT2D eigenvalue weighted by Gasteiger charge is 2.24. The largest absolute Gasteiger partial charge is 0.294 e. The highest BCUT2D eigenvalue weighted by Crippen LogP contribution is 2.21. The minimum absolute atomic E-state index is 0.526. The van der Waals surface area contributed by atoms with Crippen LogP contribution in [0.15, 0.2) is 48.8 Å². The molecule has 126 valence electrons. The van der Waals surface area contributed by atoms with Crippen molar-refractivity contribution in [1.82, 2.24) is 20.2 Å². The molecule has 1 aromatic heterocycles. The van der Waals surface area contributed by atoms with Gasteiger partial charge in [0.1, 0.15) is 0 Å². The van der Waals surface area contributed by atoms with E-state index in [0.717, 1.165) is 25.2 Å². The molecular formula is C18H22N4O2. The zero-order chi connectivity index (χ0) is 16.8. The summed E-state index contributed by atoms with van der Waals surface area (Å²) in [5, 5.41) is 12.8. The van der Waals surface area contributed by atoms with Gasteiger partial charge in [-0.05, 0) is 42.7 Å². The lowest BCUT2D eigenvalue weighted by Gasteiger charge is -2.24. The molecule has 6 heteroatoms. The first-order valence-electron chi connectivity index (χ1n) is 8.17. The minimum atomic E-state index is -0.530. The van der Waals surface area contributed by atoms with Crippen molar-refractivity contribution >= 4 is 12.0 Å². The van der Waals surface area contributed by atoms with Crippen molar-refractivity contribution in [3.8, 4) is 0 Å². The van der Waals surface area contributed by atoms with E-state index in [1.165, 1.54) is 24.5 Å². The van der Waals surface area contributed by atoms with Gasteiger partial charge in [-0.2, -0.15) is 5.10 Å². The number of carbonyl (C=O) groups excluding carboxylic acids is 1. The Morgan fingerprint density at radius 3 is 2.92 bits per heavy atom. The second kappa shape index (κ2) is 7.90. The summed E-state index contributed by atoms with van der Waals surface area (Å²) >= 11 is 0. The summed E-state index contributed by atoms with van der Waals surface area (Å²) in [6, 6.07) is 10.6. The van der Waals surface area contributed by atoms with Crippen molar-refractivity contribution in [3.63, 3.8) is 0 Å². The van der Waals surface area contributed by atoms with Crippen molar-refractivity contribution in [2.45, 2.75) is 32.0 Å². The third kappa shape index (κ3) is 4.31. The first kappa shape index (κ1) is 16.4. The molecule has 2 N–H and O–H groups in total. The number of nitrogens with one attached hydrogen (secondary N) is 1. The van der Waals surface area contributed by atoms with Crippen molar-refractivity contribution in [2.75, 3.05) is 6.54 Å². The van der Waals surface area contributed by atoms with Crippen LogP contribution in [0.5, 0.6) is 0 Å². The van der Waals surface area contributed by atoms with Gasteiger partial charge in [0.05, 0.1) is 6.54 Å². The van der Waals surface area contributed by atoms with Gasteiger partial charge in [-0.3, -0.25) is 19.6 Å². The maximum absolute atomic E-state index is 11.0. The third-order valence-corrected chi connectivity index (χ3v) is 4.36. The first-order chi connectivity index (χ1) is 11.7. The number of benzene rings is 1. The third-order valence-electron chi connectivity index (χ3n) is 4.36. The highest BCUT2D eigenvalue weighted by atomic mass is 16.5. The lowest BCUT2D eigenvalue weighted by molar-refractivity contribution is -0.124. The Morgan fingerprint density at radius 1 is 1.38 bits per heavy atom. The average Bonchev–Trinajstić information content (AvgIpc) is 3.27. The van der Waals surface area contributed by atoms with Crippen LogP contribution in [0, 0.1) is 0 Å². The van der Waals surface area contributed by atoms with Crippen molar-refractivity contribution in [3.05, 3.63) is 59.9 Å². The monoisotopic (exact) mass is 326 g/mol. The van der Waals surface area contributed by atoms with Crippen molar-refractivity contribution in [2.24, 2.45) is 0 Å². The highest BCUT2D eigenvalue weighted by molar-refractivity contribution is 5.90. The fourth-order valence-electron chi connectivity index (χ4n) is 3.11. The number of carbonyl (C=O) groups is 1. The molecule has 1 fully saturated rings. The van der Waals surface area contributed by atoms with Crippen LogP contribution in [-0.2, 0) is 17.9 Å². The maximum atomic E-state index is 11.0. The van der Waals surface area contributed by atoms with E-state index in [4.69, 9.17) is 5.21 Å². The molecule has 3 rings (SSSR count). The molecule has 0 unspecified atom stereocenters. The number of hydrogen-bond acceptors (Lipinski definition) is 4. The number of aromatic nitrogens is 2. The van der Waals surface area contributed by atoms with E-state index in [0.29, 0.717) is 6.04 Å². The molecule has 1 atom stereocenters. The molecule has 0 bridgehead atoms. The number of amides is 1. The first-order valence-corrected chi connectivity index (χ1v) is 8.17. The second-order valence-corrected chi connectivity index (χ2v) is 6.05. The fraction of sp³-hybridized carbons (Fsp3) is 0.333. The molecule has 2 aromatic rings. The summed E-state index contributed by atoms with van der Waals surface area (Å²) in [6.07, 6.45) is 9.24. The van der Waals surface area contributed by atoms with E-state index >= 15 is 0 Å². The molecule has 1 aliphatic heterocycles. The van der Waals surface area contributed by atoms with E-state index < -0.39 is 5.91 Å². The Balaban J connectivity index is 1.58. The Labute approximate surface area is 141 Å². The van der Waals surface area contributed by atoms with E-state index in [-0.39, 0.29) is 0 Å². The van der Waals surface area contributed by atoms with Gasteiger partial charge in [-0.15, -0.1) is 0 Å². The minimum Gasteiger partial charge on any atom is -0.294 e. The van der Waals surface area contributed by atoms with Crippen LogP contribution in [0.25, 0.3) is 6.08 Å². The van der Waals surface area contributed by atoms with Gasteiger partial charge in [0.25, 0.3) is 5.91 Å². The average molecular weight is 326 g/mol. The van der Waals surface area contributed by atoms with Crippen LogP contribution in [0.2, 0.25) is 0 Å². The lowest BCUT2D eigenvalue weighted by atomic mass is 10.1. The Bertz CT molecular complexity index is 680. The van der Waals surface area contributed by atoms with Crippen LogP contribution in [0.3, 0.4) is 0 Å². The quantitative estimate of drug-likeness (QED) is 0.484. The predicted molar refractivity (Wildman–Crippen MR) is 91.1 cm³/mol. The van der Waals surface area contributed by atoms with Crippen molar-refractivity contribution < 1.29 is 10.0 Å². The van der Waals surface area contributed by atoms with Crippen LogP contribution in [0.4, 0.5) is 0 Å². The molecule has 0 aliphatic carbocycles. The smallest absolute Gasteiger partial charge is 0.267 e. The number of rotatable bonds is 6. The van der Waals surface area contributed by atoms with Crippen molar-refractivity contribution in [1.29, 1.82) is 0 Å². The molecule has 1 amide bonds. The molecule has 0 radical (unpaired) electrons. The van der Waals surface area contributed by atoms with Gasteiger partial charge >= 0.3 is 0 Å². The van der Waals surface area contributed by atoms with Crippen LogP contribution >= 0.6 is 0 Å². The van der Waals surface area contributed by atoms with E-state index in [2.05, 4.69) is 22.1 Å².